The predicted molar refractivity (Wildman–Crippen MR) is 93.7 cm³/mol. The van der Waals surface area contributed by atoms with Crippen LogP contribution in [0.3, 0.4) is 0 Å². The molecule has 2 atom stereocenters. The standard InChI is InChI=1S/C20H39N/c1-5-17(19(3)13-9-7-10-14-19)21-18(6-2)20(4)15-11-8-12-16-20/h17-18,21H,5-16H2,1-4H3. The van der Waals surface area contributed by atoms with Crippen LogP contribution in [0.4, 0.5) is 0 Å². The second kappa shape index (κ2) is 7.49. The summed E-state index contributed by atoms with van der Waals surface area (Å²) in [6.45, 7) is 9.91. The van der Waals surface area contributed by atoms with Crippen LogP contribution in [0.5, 0.6) is 0 Å². The highest BCUT2D eigenvalue weighted by Crippen LogP contribution is 2.43. The first-order chi connectivity index (χ1) is 10.0. The van der Waals surface area contributed by atoms with E-state index < -0.39 is 0 Å². The van der Waals surface area contributed by atoms with Crippen LogP contribution < -0.4 is 5.32 Å². The summed E-state index contributed by atoms with van der Waals surface area (Å²) < 4.78 is 0. The minimum absolute atomic E-state index is 0.547. The van der Waals surface area contributed by atoms with Gasteiger partial charge in [-0.3, -0.25) is 0 Å². The minimum atomic E-state index is 0.547. The molecule has 0 bridgehead atoms. The van der Waals surface area contributed by atoms with Gasteiger partial charge in [-0.2, -0.15) is 0 Å². The van der Waals surface area contributed by atoms with Crippen molar-refractivity contribution in [1.29, 1.82) is 0 Å². The number of hydrogen-bond donors (Lipinski definition) is 1. The van der Waals surface area contributed by atoms with Gasteiger partial charge in [0, 0.05) is 12.1 Å². The molecule has 1 heteroatoms. The monoisotopic (exact) mass is 293 g/mol. The summed E-state index contributed by atoms with van der Waals surface area (Å²) in [6.07, 6.45) is 17.0. The van der Waals surface area contributed by atoms with Crippen molar-refractivity contribution >= 4 is 0 Å². The Bertz CT molecular complexity index is 267. The van der Waals surface area contributed by atoms with Gasteiger partial charge < -0.3 is 5.32 Å². The smallest absolute Gasteiger partial charge is 0.0121 e. The molecule has 0 radical (unpaired) electrons. The zero-order valence-corrected chi connectivity index (χ0v) is 15.1. The molecule has 0 aromatic rings. The van der Waals surface area contributed by atoms with Crippen LogP contribution in [0, 0.1) is 10.8 Å². The Labute approximate surface area is 133 Å². The summed E-state index contributed by atoms with van der Waals surface area (Å²) in [4.78, 5) is 0. The maximum Gasteiger partial charge on any atom is 0.0121 e. The summed E-state index contributed by atoms with van der Waals surface area (Å²) in [7, 11) is 0. The van der Waals surface area contributed by atoms with E-state index in [2.05, 4.69) is 33.0 Å². The molecule has 0 saturated heterocycles. The first-order valence-corrected chi connectivity index (χ1v) is 9.80. The summed E-state index contributed by atoms with van der Waals surface area (Å²) in [5.74, 6) is 0. The Morgan fingerprint density at radius 2 is 1.00 bits per heavy atom. The Morgan fingerprint density at radius 1 is 0.667 bits per heavy atom. The first-order valence-electron chi connectivity index (χ1n) is 9.80. The molecule has 2 aliphatic carbocycles. The van der Waals surface area contributed by atoms with Crippen LogP contribution in [0.15, 0.2) is 0 Å². The van der Waals surface area contributed by atoms with Gasteiger partial charge in [-0.1, -0.05) is 66.2 Å². The summed E-state index contributed by atoms with van der Waals surface area (Å²) >= 11 is 0. The van der Waals surface area contributed by atoms with Crippen LogP contribution in [0.2, 0.25) is 0 Å². The van der Waals surface area contributed by atoms with Gasteiger partial charge >= 0.3 is 0 Å². The Kier molecular flexibility index (Phi) is 6.17. The van der Waals surface area contributed by atoms with Crippen LogP contribution >= 0.6 is 0 Å². The maximum atomic E-state index is 4.17. The average molecular weight is 294 g/mol. The summed E-state index contributed by atoms with van der Waals surface area (Å²) in [6, 6.07) is 1.45. The van der Waals surface area contributed by atoms with E-state index in [4.69, 9.17) is 0 Å². The molecule has 0 aromatic carbocycles. The second-order valence-corrected chi connectivity index (χ2v) is 8.52. The lowest BCUT2D eigenvalue weighted by Gasteiger charge is -2.47. The Morgan fingerprint density at radius 3 is 1.29 bits per heavy atom. The van der Waals surface area contributed by atoms with Gasteiger partial charge in [-0.15, -0.1) is 0 Å². The van der Waals surface area contributed by atoms with E-state index in [1.165, 1.54) is 77.0 Å². The molecule has 2 aliphatic rings. The molecule has 2 unspecified atom stereocenters. The average Bonchev–Trinajstić information content (AvgIpc) is 2.49. The fourth-order valence-electron chi connectivity index (χ4n) is 5.28. The van der Waals surface area contributed by atoms with Crippen molar-refractivity contribution in [1.82, 2.24) is 5.32 Å². The second-order valence-electron chi connectivity index (χ2n) is 8.52. The van der Waals surface area contributed by atoms with Crippen molar-refractivity contribution in [2.24, 2.45) is 10.8 Å². The van der Waals surface area contributed by atoms with Crippen molar-refractivity contribution in [3.8, 4) is 0 Å². The lowest BCUT2D eigenvalue weighted by atomic mass is 9.66. The van der Waals surface area contributed by atoms with Crippen LogP contribution in [-0.2, 0) is 0 Å². The Hall–Kier alpha value is -0.0400. The van der Waals surface area contributed by atoms with Crippen LogP contribution in [-0.4, -0.2) is 12.1 Å². The van der Waals surface area contributed by atoms with E-state index in [0.717, 1.165) is 12.1 Å². The third-order valence-electron chi connectivity index (χ3n) is 6.89. The van der Waals surface area contributed by atoms with Crippen molar-refractivity contribution in [3.63, 3.8) is 0 Å². The maximum absolute atomic E-state index is 4.17. The van der Waals surface area contributed by atoms with Crippen LogP contribution in [0.25, 0.3) is 0 Å². The molecule has 0 spiro atoms. The van der Waals surface area contributed by atoms with E-state index in [0.29, 0.717) is 10.8 Å². The highest BCUT2D eigenvalue weighted by Gasteiger charge is 2.40. The highest BCUT2D eigenvalue weighted by molar-refractivity contribution is 4.96. The molecule has 2 fully saturated rings. The minimum Gasteiger partial charge on any atom is -0.310 e. The fraction of sp³-hybridized carbons (Fsp3) is 1.00. The number of nitrogens with one attached hydrogen (secondary N) is 1. The molecular formula is C20H39N. The van der Waals surface area contributed by atoms with Gasteiger partial charge in [-0.25, -0.2) is 0 Å². The topological polar surface area (TPSA) is 12.0 Å². The molecule has 1 nitrogen and oxygen atoms in total. The van der Waals surface area contributed by atoms with E-state index in [9.17, 15) is 0 Å². The van der Waals surface area contributed by atoms with Crippen molar-refractivity contribution in [2.75, 3.05) is 0 Å². The van der Waals surface area contributed by atoms with Gasteiger partial charge in [0.1, 0.15) is 0 Å². The lowest BCUT2D eigenvalue weighted by Crippen LogP contribution is -2.54. The van der Waals surface area contributed by atoms with E-state index in [1.807, 2.05) is 0 Å². The SMILES string of the molecule is CCC(NC(CC)C1(C)CCCCC1)C1(C)CCCCC1. The molecular weight excluding hydrogens is 254 g/mol. The molecule has 1 N–H and O–H groups in total. The molecule has 21 heavy (non-hydrogen) atoms. The number of hydrogen-bond acceptors (Lipinski definition) is 1. The van der Waals surface area contributed by atoms with Gasteiger partial charge in [0.25, 0.3) is 0 Å². The number of rotatable bonds is 6. The normalized spacial score (nSPS) is 28.0. The summed E-state index contributed by atoms with van der Waals surface area (Å²) in [5.41, 5.74) is 1.09. The molecule has 2 rings (SSSR count). The van der Waals surface area contributed by atoms with Gasteiger partial charge in [0.2, 0.25) is 0 Å². The van der Waals surface area contributed by atoms with E-state index in [1.54, 1.807) is 0 Å². The van der Waals surface area contributed by atoms with E-state index >= 15 is 0 Å². The largest absolute Gasteiger partial charge is 0.310 e. The third kappa shape index (κ3) is 4.03. The Balaban J connectivity index is 2.04. The lowest BCUT2D eigenvalue weighted by molar-refractivity contribution is 0.0793. The zero-order chi connectivity index (χ0) is 15.3. The van der Waals surface area contributed by atoms with E-state index in [-0.39, 0.29) is 0 Å². The van der Waals surface area contributed by atoms with Gasteiger partial charge in [0.05, 0.1) is 0 Å². The van der Waals surface area contributed by atoms with Crippen LogP contribution in [0.1, 0.15) is 105 Å². The van der Waals surface area contributed by atoms with Crippen molar-refractivity contribution in [2.45, 2.75) is 117 Å². The summed E-state index contributed by atoms with van der Waals surface area (Å²) in [5, 5.41) is 4.17. The first kappa shape index (κ1) is 17.3. The molecule has 0 amide bonds. The highest BCUT2D eigenvalue weighted by atomic mass is 15.0. The molecule has 0 aliphatic heterocycles. The zero-order valence-electron chi connectivity index (χ0n) is 15.1. The van der Waals surface area contributed by atoms with Gasteiger partial charge in [0.15, 0.2) is 0 Å². The molecule has 124 valence electrons. The predicted octanol–water partition coefficient (Wildman–Crippen LogP) is 6.07. The van der Waals surface area contributed by atoms with Crippen molar-refractivity contribution < 1.29 is 0 Å². The molecule has 0 heterocycles. The quantitative estimate of drug-likeness (QED) is 0.626. The third-order valence-corrected chi connectivity index (χ3v) is 6.89. The molecule has 2 saturated carbocycles. The van der Waals surface area contributed by atoms with Gasteiger partial charge in [-0.05, 0) is 49.4 Å². The molecule has 0 aromatic heterocycles. The van der Waals surface area contributed by atoms with Crippen molar-refractivity contribution in [3.05, 3.63) is 0 Å². The fourth-order valence-corrected chi connectivity index (χ4v) is 5.28.